The molecule has 1 aromatic heterocycles. The van der Waals surface area contributed by atoms with Crippen LogP contribution in [0.25, 0.3) is 0 Å². The van der Waals surface area contributed by atoms with E-state index in [0.717, 1.165) is 5.56 Å². The van der Waals surface area contributed by atoms with Crippen LogP contribution in [-0.4, -0.2) is 16.7 Å². The van der Waals surface area contributed by atoms with Crippen LogP contribution in [0.2, 0.25) is 5.02 Å². The zero-order valence-corrected chi connectivity index (χ0v) is 13.7. The highest BCUT2D eigenvalue weighted by Crippen LogP contribution is 2.27. The van der Waals surface area contributed by atoms with E-state index in [1.54, 1.807) is 26.8 Å². The fourth-order valence-corrected chi connectivity index (χ4v) is 2.86. The molecule has 1 aromatic carbocycles. The molecular weight excluding hydrogens is 302 g/mol. The van der Waals surface area contributed by atoms with Gasteiger partial charge in [-0.25, -0.2) is 4.79 Å². The van der Waals surface area contributed by atoms with Gasteiger partial charge in [0.25, 0.3) is 0 Å². The number of hydrogen-bond donors (Lipinski definition) is 1. The number of nitrogens with one attached hydrogen (secondary N) is 1. The SMILES string of the molecule is CC(=O)c1c(C)[nH]c(C(=O)O[C@H](C)c2ccccc2Cl)c1C. The van der Waals surface area contributed by atoms with Gasteiger partial charge in [-0.2, -0.15) is 0 Å². The van der Waals surface area contributed by atoms with Crippen LogP contribution in [0.5, 0.6) is 0 Å². The van der Waals surface area contributed by atoms with Crippen molar-refractivity contribution in [2.24, 2.45) is 0 Å². The Labute approximate surface area is 134 Å². The molecule has 0 saturated carbocycles. The fraction of sp³-hybridized carbons (Fsp3) is 0.294. The van der Waals surface area contributed by atoms with Crippen molar-refractivity contribution in [2.75, 3.05) is 0 Å². The van der Waals surface area contributed by atoms with Gasteiger partial charge in [-0.1, -0.05) is 29.8 Å². The van der Waals surface area contributed by atoms with Crippen LogP contribution in [0.4, 0.5) is 0 Å². The van der Waals surface area contributed by atoms with E-state index in [4.69, 9.17) is 16.3 Å². The van der Waals surface area contributed by atoms with E-state index in [-0.39, 0.29) is 5.78 Å². The number of aromatic amines is 1. The third-order valence-corrected chi connectivity index (χ3v) is 3.96. The zero-order valence-electron chi connectivity index (χ0n) is 13.0. The van der Waals surface area contributed by atoms with E-state index in [2.05, 4.69) is 4.98 Å². The summed E-state index contributed by atoms with van der Waals surface area (Å²) < 4.78 is 5.47. The second kappa shape index (κ2) is 6.36. The fourth-order valence-electron chi connectivity index (χ4n) is 2.57. The smallest absolute Gasteiger partial charge is 0.355 e. The number of ketones is 1. The van der Waals surface area contributed by atoms with Gasteiger partial charge in [-0.3, -0.25) is 4.79 Å². The van der Waals surface area contributed by atoms with Crippen molar-refractivity contribution < 1.29 is 14.3 Å². The minimum Gasteiger partial charge on any atom is -0.453 e. The molecule has 22 heavy (non-hydrogen) atoms. The highest BCUT2D eigenvalue weighted by molar-refractivity contribution is 6.31. The van der Waals surface area contributed by atoms with Crippen LogP contribution in [0.15, 0.2) is 24.3 Å². The molecule has 0 unspecified atom stereocenters. The Morgan fingerprint density at radius 2 is 1.86 bits per heavy atom. The summed E-state index contributed by atoms with van der Waals surface area (Å²) in [5, 5.41) is 0.548. The van der Waals surface area contributed by atoms with E-state index in [0.29, 0.717) is 27.5 Å². The average molecular weight is 320 g/mol. The van der Waals surface area contributed by atoms with Gasteiger partial charge in [-0.05, 0) is 39.3 Å². The van der Waals surface area contributed by atoms with Gasteiger partial charge in [0.15, 0.2) is 5.78 Å². The summed E-state index contributed by atoms with van der Waals surface area (Å²) >= 11 is 6.11. The van der Waals surface area contributed by atoms with Crippen LogP contribution in [0.1, 0.15) is 57.6 Å². The maximum Gasteiger partial charge on any atom is 0.355 e. The molecule has 2 rings (SSSR count). The summed E-state index contributed by atoms with van der Waals surface area (Å²) in [6.45, 7) is 6.73. The first kappa shape index (κ1) is 16.3. The molecule has 5 heteroatoms. The summed E-state index contributed by atoms with van der Waals surface area (Å²) in [5.74, 6) is -0.579. The molecule has 0 saturated heterocycles. The maximum absolute atomic E-state index is 12.3. The number of aryl methyl sites for hydroxylation is 1. The molecule has 1 heterocycles. The largest absolute Gasteiger partial charge is 0.453 e. The molecule has 0 amide bonds. The van der Waals surface area contributed by atoms with Crippen molar-refractivity contribution in [3.8, 4) is 0 Å². The number of Topliss-reactive ketones (excluding diaryl/α,β-unsaturated/α-hetero) is 1. The molecule has 0 aliphatic rings. The number of H-pyrrole nitrogens is 1. The Morgan fingerprint density at radius 1 is 1.23 bits per heavy atom. The Bertz CT molecular complexity index is 734. The van der Waals surface area contributed by atoms with Gasteiger partial charge in [-0.15, -0.1) is 0 Å². The highest BCUT2D eigenvalue weighted by Gasteiger charge is 2.23. The molecule has 1 N–H and O–H groups in total. The summed E-state index contributed by atoms with van der Waals surface area (Å²) in [7, 11) is 0. The number of halogens is 1. The molecule has 4 nitrogen and oxygen atoms in total. The topological polar surface area (TPSA) is 59.2 Å². The van der Waals surface area contributed by atoms with E-state index < -0.39 is 12.1 Å². The van der Waals surface area contributed by atoms with Gasteiger partial charge in [0.1, 0.15) is 11.8 Å². The number of carbonyl (C=O) groups is 2. The molecule has 1 atom stereocenters. The normalized spacial score (nSPS) is 12.0. The second-order valence-corrected chi connectivity index (χ2v) is 5.66. The highest BCUT2D eigenvalue weighted by atomic mass is 35.5. The number of hydrogen-bond acceptors (Lipinski definition) is 3. The molecule has 0 spiro atoms. The average Bonchev–Trinajstić information content (AvgIpc) is 2.74. The lowest BCUT2D eigenvalue weighted by Gasteiger charge is -2.14. The molecule has 0 aliphatic heterocycles. The Kier molecular flexibility index (Phi) is 4.71. The minimum atomic E-state index is -0.500. The van der Waals surface area contributed by atoms with E-state index in [1.807, 2.05) is 18.2 Å². The summed E-state index contributed by atoms with van der Waals surface area (Å²) in [4.78, 5) is 26.9. The second-order valence-electron chi connectivity index (χ2n) is 5.25. The van der Waals surface area contributed by atoms with Crippen molar-refractivity contribution in [3.05, 3.63) is 57.4 Å². The first-order chi connectivity index (χ1) is 10.3. The Balaban J connectivity index is 2.25. The van der Waals surface area contributed by atoms with Gasteiger partial charge >= 0.3 is 5.97 Å². The third kappa shape index (κ3) is 3.07. The number of ether oxygens (including phenoxy) is 1. The predicted octanol–water partition coefficient (Wildman–Crippen LogP) is 4.41. The maximum atomic E-state index is 12.3. The first-order valence-corrected chi connectivity index (χ1v) is 7.36. The van der Waals surface area contributed by atoms with Crippen molar-refractivity contribution in [1.82, 2.24) is 4.98 Å². The van der Waals surface area contributed by atoms with Gasteiger partial charge < -0.3 is 9.72 Å². The summed E-state index contributed by atoms with van der Waals surface area (Å²) in [6.07, 6.45) is -0.481. The lowest BCUT2D eigenvalue weighted by Crippen LogP contribution is -2.11. The zero-order chi connectivity index (χ0) is 16.4. The third-order valence-electron chi connectivity index (χ3n) is 3.62. The number of esters is 1. The monoisotopic (exact) mass is 319 g/mol. The number of benzene rings is 1. The number of rotatable bonds is 4. The number of aromatic nitrogens is 1. The number of carbonyl (C=O) groups excluding carboxylic acids is 2. The minimum absolute atomic E-state index is 0.0792. The van der Waals surface area contributed by atoms with E-state index >= 15 is 0 Å². The standard InChI is InChI=1S/C17H18ClNO3/c1-9-15(11(3)20)10(2)19-16(9)17(21)22-12(4)13-7-5-6-8-14(13)18/h5-8,12,19H,1-4H3/t12-/m1/s1. The lowest BCUT2D eigenvalue weighted by atomic mass is 10.1. The van der Waals surface area contributed by atoms with Gasteiger partial charge in [0.05, 0.1) is 0 Å². The van der Waals surface area contributed by atoms with Crippen molar-refractivity contribution in [2.45, 2.75) is 33.8 Å². The molecule has 0 radical (unpaired) electrons. The van der Waals surface area contributed by atoms with Crippen LogP contribution >= 0.6 is 11.6 Å². The molecule has 0 aliphatic carbocycles. The Hall–Kier alpha value is -2.07. The quantitative estimate of drug-likeness (QED) is 0.671. The van der Waals surface area contributed by atoms with Gasteiger partial charge in [0.2, 0.25) is 0 Å². The molecule has 0 fully saturated rings. The first-order valence-electron chi connectivity index (χ1n) is 6.98. The van der Waals surface area contributed by atoms with Crippen LogP contribution < -0.4 is 0 Å². The van der Waals surface area contributed by atoms with E-state index in [9.17, 15) is 9.59 Å². The van der Waals surface area contributed by atoms with Crippen molar-refractivity contribution in [3.63, 3.8) is 0 Å². The van der Waals surface area contributed by atoms with Crippen LogP contribution in [0.3, 0.4) is 0 Å². The summed E-state index contributed by atoms with van der Waals surface area (Å²) in [6, 6.07) is 7.22. The lowest BCUT2D eigenvalue weighted by molar-refractivity contribution is 0.0331. The predicted molar refractivity (Wildman–Crippen MR) is 85.6 cm³/mol. The van der Waals surface area contributed by atoms with E-state index in [1.165, 1.54) is 6.92 Å². The van der Waals surface area contributed by atoms with Crippen molar-refractivity contribution >= 4 is 23.4 Å². The molecule has 0 bridgehead atoms. The van der Waals surface area contributed by atoms with Gasteiger partial charge in [0, 0.05) is 21.8 Å². The Morgan fingerprint density at radius 3 is 2.41 bits per heavy atom. The molecule has 116 valence electrons. The van der Waals surface area contributed by atoms with Crippen LogP contribution in [0, 0.1) is 13.8 Å². The van der Waals surface area contributed by atoms with Crippen LogP contribution in [-0.2, 0) is 4.74 Å². The molecule has 2 aromatic rings. The molecular formula is C17H18ClNO3. The summed E-state index contributed by atoms with van der Waals surface area (Å²) in [5.41, 5.74) is 2.87. The van der Waals surface area contributed by atoms with Crippen molar-refractivity contribution in [1.29, 1.82) is 0 Å².